The van der Waals surface area contributed by atoms with Crippen molar-refractivity contribution in [3.63, 3.8) is 0 Å². The van der Waals surface area contributed by atoms with Gasteiger partial charge in [-0.2, -0.15) is 0 Å². The average Bonchev–Trinajstić information content (AvgIpc) is 3.57. The Morgan fingerprint density at radius 3 is 2.81 bits per heavy atom. The molecule has 0 saturated carbocycles. The number of fused-ring (bicyclic) bond motifs is 1. The van der Waals surface area contributed by atoms with Crippen molar-refractivity contribution in [3.05, 3.63) is 87.0 Å². The van der Waals surface area contributed by atoms with Crippen molar-refractivity contribution in [2.45, 2.75) is 71.7 Å². The number of aromatic nitrogens is 5. The number of nitrogens with one attached hydrogen (secondary N) is 1. The van der Waals surface area contributed by atoms with Crippen molar-refractivity contribution in [1.82, 2.24) is 30.1 Å². The molecular formula is C29H36N6O2. The number of H-pyrrole nitrogens is 1. The predicted octanol–water partition coefficient (Wildman–Crippen LogP) is 4.51. The third-order valence-electron chi connectivity index (χ3n) is 7.47. The van der Waals surface area contributed by atoms with E-state index in [1.165, 1.54) is 16.7 Å². The second-order valence-corrected chi connectivity index (χ2v) is 10.1. The number of hydrogen-bond acceptors (Lipinski definition) is 6. The number of ether oxygens (including phenoxy) is 1. The molecule has 2 aromatic carbocycles. The summed E-state index contributed by atoms with van der Waals surface area (Å²) in [5, 5.41) is 13.9. The molecule has 8 heteroatoms. The Hall–Kier alpha value is -3.36. The van der Waals surface area contributed by atoms with E-state index in [1.54, 1.807) is 0 Å². The molecule has 0 spiro atoms. The summed E-state index contributed by atoms with van der Waals surface area (Å²) in [6.07, 6.45) is 3.95. The molecule has 0 unspecified atom stereocenters. The highest BCUT2D eigenvalue weighted by molar-refractivity contribution is 5.79. The summed E-state index contributed by atoms with van der Waals surface area (Å²) in [6.45, 7) is 9.12. The molecule has 1 saturated heterocycles. The van der Waals surface area contributed by atoms with Crippen molar-refractivity contribution in [2.24, 2.45) is 0 Å². The van der Waals surface area contributed by atoms with Gasteiger partial charge in [0.1, 0.15) is 0 Å². The molecule has 1 aliphatic heterocycles. The first-order valence-electron chi connectivity index (χ1n) is 13.3. The largest absolute Gasteiger partial charge is 0.376 e. The molecule has 37 heavy (non-hydrogen) atoms. The lowest BCUT2D eigenvalue weighted by atomic mass is 10.0. The van der Waals surface area contributed by atoms with E-state index in [2.05, 4.69) is 76.5 Å². The zero-order chi connectivity index (χ0) is 25.8. The van der Waals surface area contributed by atoms with Gasteiger partial charge in [0.05, 0.1) is 18.7 Å². The summed E-state index contributed by atoms with van der Waals surface area (Å²) in [6, 6.07) is 16.6. The molecule has 5 rings (SSSR count). The topological polar surface area (TPSA) is 88.9 Å². The van der Waals surface area contributed by atoms with Crippen LogP contribution in [0, 0.1) is 13.8 Å². The zero-order valence-corrected chi connectivity index (χ0v) is 22.0. The molecule has 0 aliphatic carbocycles. The fourth-order valence-corrected chi connectivity index (χ4v) is 5.37. The second kappa shape index (κ2) is 11.4. The quantitative estimate of drug-likeness (QED) is 0.345. The van der Waals surface area contributed by atoms with Crippen LogP contribution in [0.2, 0.25) is 0 Å². The van der Waals surface area contributed by atoms with Gasteiger partial charge < -0.3 is 9.72 Å². The number of benzene rings is 2. The normalized spacial score (nSPS) is 16.6. The first kappa shape index (κ1) is 25.3. The lowest BCUT2D eigenvalue weighted by molar-refractivity contribution is 0.0893. The van der Waals surface area contributed by atoms with Gasteiger partial charge in [-0.1, -0.05) is 42.8 Å². The lowest BCUT2D eigenvalue weighted by Gasteiger charge is -2.30. The molecule has 194 valence electrons. The Morgan fingerprint density at radius 2 is 2.03 bits per heavy atom. The molecule has 0 bridgehead atoms. The minimum atomic E-state index is -0.0500. The maximum absolute atomic E-state index is 13.1. The zero-order valence-electron chi connectivity index (χ0n) is 22.0. The number of hydrogen-bond donors (Lipinski definition) is 1. The average molecular weight is 501 g/mol. The highest BCUT2D eigenvalue weighted by Gasteiger charge is 2.27. The van der Waals surface area contributed by atoms with Crippen LogP contribution in [0.25, 0.3) is 10.9 Å². The molecule has 2 aromatic heterocycles. The van der Waals surface area contributed by atoms with Gasteiger partial charge in [-0.25, -0.2) is 4.68 Å². The Morgan fingerprint density at radius 1 is 1.16 bits per heavy atom. The Labute approximate surface area is 217 Å². The first-order valence-corrected chi connectivity index (χ1v) is 13.3. The van der Waals surface area contributed by atoms with Gasteiger partial charge >= 0.3 is 0 Å². The van der Waals surface area contributed by atoms with Gasteiger partial charge in [0.25, 0.3) is 5.56 Å². The van der Waals surface area contributed by atoms with Crippen LogP contribution in [-0.4, -0.2) is 49.3 Å². The molecule has 0 amide bonds. The van der Waals surface area contributed by atoms with Gasteiger partial charge in [-0.3, -0.25) is 9.69 Å². The van der Waals surface area contributed by atoms with Crippen LogP contribution in [0.3, 0.4) is 0 Å². The van der Waals surface area contributed by atoms with Crippen LogP contribution in [-0.2, 0) is 24.2 Å². The summed E-state index contributed by atoms with van der Waals surface area (Å²) in [4.78, 5) is 18.6. The number of aryl methyl sites for hydroxylation is 2. The second-order valence-electron chi connectivity index (χ2n) is 10.1. The van der Waals surface area contributed by atoms with Crippen molar-refractivity contribution in [3.8, 4) is 0 Å². The van der Waals surface area contributed by atoms with Crippen molar-refractivity contribution < 1.29 is 4.74 Å². The minimum absolute atomic E-state index is 0.0342. The van der Waals surface area contributed by atoms with Gasteiger partial charge in [0.2, 0.25) is 0 Å². The summed E-state index contributed by atoms with van der Waals surface area (Å²) in [5.74, 6) is 0.829. The van der Waals surface area contributed by atoms with E-state index >= 15 is 0 Å². The molecule has 1 fully saturated rings. The fraction of sp³-hybridized carbons (Fsp3) is 0.448. The summed E-state index contributed by atoms with van der Waals surface area (Å²) < 4.78 is 7.76. The third-order valence-corrected chi connectivity index (χ3v) is 7.47. The van der Waals surface area contributed by atoms with Crippen molar-refractivity contribution in [1.29, 1.82) is 0 Å². The van der Waals surface area contributed by atoms with Crippen molar-refractivity contribution >= 4 is 10.9 Å². The van der Waals surface area contributed by atoms with Crippen LogP contribution in [0.15, 0.2) is 53.3 Å². The van der Waals surface area contributed by atoms with E-state index in [-0.39, 0.29) is 17.7 Å². The molecular weight excluding hydrogens is 464 g/mol. The smallest absolute Gasteiger partial charge is 0.252 e. The van der Waals surface area contributed by atoms with E-state index in [0.717, 1.165) is 61.1 Å². The first-order chi connectivity index (χ1) is 18.0. The monoisotopic (exact) mass is 500 g/mol. The van der Waals surface area contributed by atoms with E-state index in [0.29, 0.717) is 13.1 Å². The van der Waals surface area contributed by atoms with Crippen LogP contribution < -0.4 is 5.56 Å². The standard InChI is InChI=1S/C29H36N6O2/c1-4-27(28-31-32-33-35(28)19-25-10-7-15-37-25)34(14-13-22-9-6-5-8-21(22)3)18-24-17-23-16-20(2)11-12-26(23)30-29(24)36/h5-6,8-9,11-12,16-17,25,27H,4,7,10,13-15,18-19H2,1-3H3,(H,30,36)/t25-,27-/m1/s1. The lowest BCUT2D eigenvalue weighted by Crippen LogP contribution is -2.35. The summed E-state index contributed by atoms with van der Waals surface area (Å²) >= 11 is 0. The number of nitrogens with zero attached hydrogens (tertiary/aromatic N) is 5. The molecule has 2 atom stereocenters. The number of rotatable bonds is 10. The van der Waals surface area contributed by atoms with Crippen LogP contribution in [0.5, 0.6) is 0 Å². The van der Waals surface area contributed by atoms with Crippen LogP contribution in [0.1, 0.15) is 60.3 Å². The van der Waals surface area contributed by atoms with Gasteiger partial charge in [-0.15, -0.1) is 5.10 Å². The Kier molecular flexibility index (Phi) is 7.76. The third kappa shape index (κ3) is 5.81. The van der Waals surface area contributed by atoms with Crippen LogP contribution in [0.4, 0.5) is 0 Å². The Balaban J connectivity index is 1.47. The SMILES string of the molecule is CC[C@H](c1nnnn1C[C@H]1CCCO1)N(CCc1ccccc1C)Cc1cc2cc(C)ccc2[nH]c1=O. The summed E-state index contributed by atoms with van der Waals surface area (Å²) in [5.41, 5.74) is 5.31. The molecule has 1 aliphatic rings. The Bertz CT molecular complexity index is 1410. The highest BCUT2D eigenvalue weighted by atomic mass is 16.5. The van der Waals surface area contributed by atoms with E-state index in [9.17, 15) is 4.79 Å². The van der Waals surface area contributed by atoms with E-state index in [1.807, 2.05) is 22.9 Å². The minimum Gasteiger partial charge on any atom is -0.376 e. The molecule has 3 heterocycles. The van der Waals surface area contributed by atoms with E-state index in [4.69, 9.17) is 4.74 Å². The maximum Gasteiger partial charge on any atom is 0.252 e. The molecule has 8 nitrogen and oxygen atoms in total. The highest BCUT2D eigenvalue weighted by Crippen LogP contribution is 2.26. The number of aromatic amines is 1. The molecule has 0 radical (unpaired) electrons. The molecule has 4 aromatic rings. The predicted molar refractivity (Wildman–Crippen MR) is 144 cm³/mol. The number of pyridine rings is 1. The fourth-order valence-electron chi connectivity index (χ4n) is 5.37. The molecule has 1 N–H and O–H groups in total. The van der Waals surface area contributed by atoms with Gasteiger partial charge in [0, 0.05) is 30.8 Å². The van der Waals surface area contributed by atoms with Crippen molar-refractivity contribution in [2.75, 3.05) is 13.2 Å². The van der Waals surface area contributed by atoms with Gasteiger partial charge in [0.15, 0.2) is 5.82 Å². The van der Waals surface area contributed by atoms with Gasteiger partial charge in [-0.05, 0) is 84.7 Å². The maximum atomic E-state index is 13.1. The van der Waals surface area contributed by atoms with E-state index < -0.39 is 0 Å². The van der Waals surface area contributed by atoms with Crippen LogP contribution >= 0.6 is 0 Å². The summed E-state index contributed by atoms with van der Waals surface area (Å²) in [7, 11) is 0. The number of tetrazole rings is 1.